The molecule has 17 heavy (non-hydrogen) atoms. The summed E-state index contributed by atoms with van der Waals surface area (Å²) in [6, 6.07) is 0. The quantitative estimate of drug-likeness (QED) is 0.887. The SMILES string of the molecule is O=C(O)c1nnn(-c2nccs2)c1C(F)(F)F. The number of rotatable bonds is 2. The van der Waals surface area contributed by atoms with Gasteiger partial charge in [-0.1, -0.05) is 5.21 Å². The highest BCUT2D eigenvalue weighted by Crippen LogP contribution is 2.32. The third-order valence-electron chi connectivity index (χ3n) is 1.74. The van der Waals surface area contributed by atoms with E-state index in [2.05, 4.69) is 15.3 Å². The van der Waals surface area contributed by atoms with Crippen LogP contribution in [0.4, 0.5) is 13.2 Å². The summed E-state index contributed by atoms with van der Waals surface area (Å²) in [7, 11) is 0. The predicted molar refractivity (Wildman–Crippen MR) is 49.0 cm³/mol. The molecule has 0 amide bonds. The Balaban J connectivity index is 2.66. The lowest BCUT2D eigenvalue weighted by molar-refractivity contribution is -0.143. The Kier molecular flexibility index (Phi) is 2.58. The molecular formula is C7H3F3N4O2S. The molecule has 0 aliphatic heterocycles. The molecule has 0 saturated heterocycles. The van der Waals surface area contributed by atoms with Crippen LogP contribution in [0.5, 0.6) is 0 Å². The molecule has 0 radical (unpaired) electrons. The molecule has 0 aliphatic carbocycles. The van der Waals surface area contributed by atoms with Crippen molar-refractivity contribution in [2.75, 3.05) is 0 Å². The Morgan fingerprint density at radius 1 is 1.47 bits per heavy atom. The van der Waals surface area contributed by atoms with E-state index in [0.29, 0.717) is 4.68 Å². The van der Waals surface area contributed by atoms with E-state index in [1.165, 1.54) is 11.6 Å². The fourth-order valence-electron chi connectivity index (χ4n) is 1.13. The minimum Gasteiger partial charge on any atom is -0.476 e. The molecule has 0 bridgehead atoms. The first-order valence-electron chi connectivity index (χ1n) is 4.07. The molecule has 0 unspecified atom stereocenters. The van der Waals surface area contributed by atoms with Crippen molar-refractivity contribution in [3.8, 4) is 5.13 Å². The third-order valence-corrected chi connectivity index (χ3v) is 2.49. The Morgan fingerprint density at radius 3 is 2.65 bits per heavy atom. The number of alkyl halides is 3. The molecule has 0 saturated carbocycles. The van der Waals surface area contributed by atoms with Gasteiger partial charge in [-0.3, -0.25) is 0 Å². The number of carboxylic acids is 1. The van der Waals surface area contributed by atoms with Crippen LogP contribution in [0.2, 0.25) is 0 Å². The van der Waals surface area contributed by atoms with E-state index >= 15 is 0 Å². The summed E-state index contributed by atoms with van der Waals surface area (Å²) in [6.45, 7) is 0. The van der Waals surface area contributed by atoms with Crippen molar-refractivity contribution in [3.05, 3.63) is 23.0 Å². The van der Waals surface area contributed by atoms with E-state index in [4.69, 9.17) is 5.11 Å². The van der Waals surface area contributed by atoms with E-state index < -0.39 is 23.5 Å². The summed E-state index contributed by atoms with van der Waals surface area (Å²) >= 11 is 0.888. The lowest BCUT2D eigenvalue weighted by Gasteiger charge is -2.07. The van der Waals surface area contributed by atoms with Gasteiger partial charge in [-0.15, -0.1) is 16.4 Å². The van der Waals surface area contributed by atoms with Crippen LogP contribution in [0.3, 0.4) is 0 Å². The van der Waals surface area contributed by atoms with Crippen molar-refractivity contribution in [2.45, 2.75) is 6.18 Å². The molecule has 1 N–H and O–H groups in total. The maximum atomic E-state index is 12.7. The lowest BCUT2D eigenvalue weighted by atomic mass is 10.3. The van der Waals surface area contributed by atoms with Gasteiger partial charge in [-0.25, -0.2) is 9.78 Å². The van der Waals surface area contributed by atoms with Crippen molar-refractivity contribution in [1.29, 1.82) is 0 Å². The Morgan fingerprint density at radius 2 is 2.18 bits per heavy atom. The van der Waals surface area contributed by atoms with E-state index in [0.717, 1.165) is 11.3 Å². The van der Waals surface area contributed by atoms with Crippen LogP contribution in [0.25, 0.3) is 5.13 Å². The average molecular weight is 264 g/mol. The highest BCUT2D eigenvalue weighted by Gasteiger charge is 2.42. The number of carbonyl (C=O) groups is 1. The van der Waals surface area contributed by atoms with Crippen molar-refractivity contribution in [2.24, 2.45) is 0 Å². The number of aromatic carboxylic acids is 1. The smallest absolute Gasteiger partial charge is 0.436 e. The largest absolute Gasteiger partial charge is 0.476 e. The van der Waals surface area contributed by atoms with Gasteiger partial charge in [-0.05, 0) is 0 Å². The molecule has 2 aromatic heterocycles. The van der Waals surface area contributed by atoms with Crippen molar-refractivity contribution < 1.29 is 23.1 Å². The van der Waals surface area contributed by atoms with E-state index in [9.17, 15) is 18.0 Å². The van der Waals surface area contributed by atoms with Crippen molar-refractivity contribution >= 4 is 17.3 Å². The summed E-state index contributed by atoms with van der Waals surface area (Å²) in [5.41, 5.74) is -2.59. The number of aromatic nitrogens is 4. The zero-order valence-electron chi connectivity index (χ0n) is 7.84. The van der Waals surface area contributed by atoms with Crippen LogP contribution >= 0.6 is 11.3 Å². The van der Waals surface area contributed by atoms with Gasteiger partial charge < -0.3 is 5.11 Å². The van der Waals surface area contributed by atoms with Crippen molar-refractivity contribution in [1.82, 2.24) is 20.0 Å². The zero-order chi connectivity index (χ0) is 12.6. The topological polar surface area (TPSA) is 80.9 Å². The van der Waals surface area contributed by atoms with Crippen LogP contribution in [0, 0.1) is 0 Å². The molecule has 10 heteroatoms. The molecule has 90 valence electrons. The monoisotopic (exact) mass is 264 g/mol. The van der Waals surface area contributed by atoms with Crippen LogP contribution < -0.4 is 0 Å². The van der Waals surface area contributed by atoms with Gasteiger partial charge in [0, 0.05) is 11.6 Å². The van der Waals surface area contributed by atoms with Gasteiger partial charge in [0.2, 0.25) is 10.8 Å². The summed E-state index contributed by atoms with van der Waals surface area (Å²) in [6.07, 6.45) is -3.59. The maximum Gasteiger partial charge on any atom is 0.436 e. The molecule has 6 nitrogen and oxygen atoms in total. The van der Waals surface area contributed by atoms with Gasteiger partial charge in [0.15, 0.2) is 5.69 Å². The number of nitrogens with zero attached hydrogens (tertiary/aromatic N) is 4. The minimum atomic E-state index is -4.87. The second-order valence-corrected chi connectivity index (χ2v) is 3.69. The van der Waals surface area contributed by atoms with Gasteiger partial charge >= 0.3 is 12.1 Å². The lowest BCUT2D eigenvalue weighted by Crippen LogP contribution is -2.17. The maximum absolute atomic E-state index is 12.7. The van der Waals surface area contributed by atoms with Gasteiger partial charge in [0.25, 0.3) is 0 Å². The van der Waals surface area contributed by atoms with E-state index in [1.807, 2.05) is 0 Å². The van der Waals surface area contributed by atoms with Crippen LogP contribution in [0.15, 0.2) is 11.6 Å². The van der Waals surface area contributed by atoms with Gasteiger partial charge in [0.05, 0.1) is 0 Å². The first-order chi connectivity index (χ1) is 7.91. The van der Waals surface area contributed by atoms with Crippen LogP contribution in [0.1, 0.15) is 16.2 Å². The van der Waals surface area contributed by atoms with E-state index in [-0.39, 0.29) is 5.13 Å². The molecular weight excluding hydrogens is 261 g/mol. The highest BCUT2D eigenvalue weighted by molar-refractivity contribution is 7.12. The number of thiazole rings is 1. The zero-order valence-corrected chi connectivity index (χ0v) is 8.66. The molecule has 2 aromatic rings. The molecule has 0 aliphatic rings. The van der Waals surface area contributed by atoms with E-state index in [1.54, 1.807) is 0 Å². The predicted octanol–water partition coefficient (Wildman–Crippen LogP) is 1.44. The molecule has 2 heterocycles. The van der Waals surface area contributed by atoms with Gasteiger partial charge in [0.1, 0.15) is 0 Å². The fourth-order valence-corrected chi connectivity index (χ4v) is 1.73. The molecule has 2 rings (SSSR count). The summed E-state index contributed by atoms with van der Waals surface area (Å²) in [5, 5.41) is 16.1. The molecule has 0 spiro atoms. The number of halogens is 3. The number of carboxylic acid groups (broad SMARTS) is 1. The average Bonchev–Trinajstić information content (AvgIpc) is 2.85. The van der Waals surface area contributed by atoms with Crippen molar-refractivity contribution in [3.63, 3.8) is 0 Å². The normalized spacial score (nSPS) is 11.7. The van der Waals surface area contributed by atoms with Gasteiger partial charge in [-0.2, -0.15) is 17.9 Å². The Hall–Kier alpha value is -1.97. The Bertz CT molecular complexity index is 548. The molecule has 0 atom stereocenters. The van der Waals surface area contributed by atoms with Crippen LogP contribution in [-0.2, 0) is 6.18 Å². The minimum absolute atomic E-state index is 0.0997. The summed E-state index contributed by atoms with van der Waals surface area (Å²) in [4.78, 5) is 14.2. The second-order valence-electron chi connectivity index (χ2n) is 2.82. The summed E-state index contributed by atoms with van der Waals surface area (Å²) < 4.78 is 38.5. The number of hydrogen-bond acceptors (Lipinski definition) is 5. The standard InChI is InChI=1S/C7H3F3N4O2S/c8-7(9,10)4-3(5(15)16)12-13-14(4)6-11-1-2-17-6/h1-2H,(H,15,16). The van der Waals surface area contributed by atoms with Crippen LogP contribution in [-0.4, -0.2) is 31.1 Å². The third kappa shape index (κ3) is 1.98. The fraction of sp³-hybridized carbons (Fsp3) is 0.143. The first kappa shape index (κ1) is 11.5. The summed E-state index contributed by atoms with van der Waals surface area (Å²) in [5.74, 6) is -1.79. The Labute approximate surface area is 95.3 Å². The first-order valence-corrected chi connectivity index (χ1v) is 4.95. The second kappa shape index (κ2) is 3.80. The number of hydrogen-bond donors (Lipinski definition) is 1. The molecule has 0 aromatic carbocycles. The highest BCUT2D eigenvalue weighted by atomic mass is 32.1. The molecule has 0 fully saturated rings.